The topological polar surface area (TPSA) is 89.9 Å². The first-order valence-corrected chi connectivity index (χ1v) is 11.1. The molecule has 2 aromatic carbocycles. The van der Waals surface area contributed by atoms with Crippen molar-refractivity contribution in [1.82, 2.24) is 19.9 Å². The van der Waals surface area contributed by atoms with Gasteiger partial charge in [0.15, 0.2) is 5.78 Å². The van der Waals surface area contributed by atoms with E-state index in [0.29, 0.717) is 30.3 Å². The number of Topliss-reactive ketones (excluding diaryl/α,β-unsaturated/α-hetero) is 1. The molecule has 0 aliphatic heterocycles. The maximum atomic E-state index is 12.8. The quantitative estimate of drug-likeness (QED) is 0.470. The van der Waals surface area contributed by atoms with Crippen LogP contribution in [0.4, 0.5) is 11.9 Å². The molecule has 4 aromatic rings. The van der Waals surface area contributed by atoms with Crippen LogP contribution in [-0.2, 0) is 12.8 Å². The molecular formula is C26H25N5O2. The molecular weight excluding hydrogens is 414 g/mol. The van der Waals surface area contributed by atoms with E-state index in [1.807, 2.05) is 37.3 Å². The molecule has 7 heteroatoms. The summed E-state index contributed by atoms with van der Waals surface area (Å²) in [5.74, 6) is 1.77. The first kappa shape index (κ1) is 21.0. The van der Waals surface area contributed by atoms with Crippen molar-refractivity contribution in [2.75, 3.05) is 12.4 Å². The highest BCUT2D eigenvalue weighted by atomic mass is 16.5. The fourth-order valence-electron chi connectivity index (χ4n) is 4.32. The monoisotopic (exact) mass is 439 g/mol. The van der Waals surface area contributed by atoms with Gasteiger partial charge in [-0.3, -0.25) is 10.1 Å². The molecule has 0 fully saturated rings. The summed E-state index contributed by atoms with van der Waals surface area (Å²) >= 11 is 0. The Hall–Kier alpha value is -3.87. The highest BCUT2D eigenvalue weighted by Crippen LogP contribution is 2.33. The van der Waals surface area contributed by atoms with Gasteiger partial charge in [0, 0.05) is 18.0 Å². The zero-order valence-electron chi connectivity index (χ0n) is 18.9. The average molecular weight is 440 g/mol. The number of anilines is 2. The first-order valence-electron chi connectivity index (χ1n) is 11.1. The molecule has 1 N–H and O–H groups in total. The summed E-state index contributed by atoms with van der Waals surface area (Å²) in [6, 6.07) is 14.1. The van der Waals surface area contributed by atoms with E-state index < -0.39 is 0 Å². The molecule has 2 aromatic heterocycles. The number of rotatable bonds is 5. The van der Waals surface area contributed by atoms with Crippen LogP contribution in [0.15, 0.2) is 48.7 Å². The van der Waals surface area contributed by atoms with Gasteiger partial charge in [-0.25, -0.2) is 19.9 Å². The van der Waals surface area contributed by atoms with Gasteiger partial charge in [-0.2, -0.15) is 0 Å². The van der Waals surface area contributed by atoms with E-state index in [1.165, 1.54) is 5.56 Å². The molecule has 1 atom stereocenters. The minimum atomic E-state index is 0.0631. The minimum absolute atomic E-state index is 0.0631. The Morgan fingerprint density at radius 1 is 1.03 bits per heavy atom. The minimum Gasteiger partial charge on any atom is -0.497 e. The fraction of sp³-hybridized carbons (Fsp3) is 0.269. The number of carbonyl (C=O) groups is 1. The second-order valence-electron chi connectivity index (χ2n) is 8.32. The normalized spacial score (nSPS) is 15.4. The molecule has 0 saturated carbocycles. The molecule has 0 unspecified atom stereocenters. The van der Waals surface area contributed by atoms with Crippen LogP contribution in [0.2, 0.25) is 0 Å². The van der Waals surface area contributed by atoms with Gasteiger partial charge in [0.05, 0.1) is 29.6 Å². The van der Waals surface area contributed by atoms with Crippen LogP contribution in [0.25, 0.3) is 10.9 Å². The first-order chi connectivity index (χ1) is 16.0. The Bertz CT molecular complexity index is 1350. The van der Waals surface area contributed by atoms with Gasteiger partial charge in [-0.15, -0.1) is 0 Å². The lowest BCUT2D eigenvalue weighted by molar-refractivity contribution is 0.0962. The van der Waals surface area contributed by atoms with Crippen molar-refractivity contribution in [3.63, 3.8) is 0 Å². The summed E-state index contributed by atoms with van der Waals surface area (Å²) in [4.78, 5) is 31.0. The SMILES string of the molecule is CCc1ccc2nc(Nc3ncc4c(n3)C[C@H](c3ccc(OC)cc3)CC4=O)nc(C)c2c1. The van der Waals surface area contributed by atoms with Crippen LogP contribution in [0, 0.1) is 6.92 Å². The molecule has 2 heterocycles. The summed E-state index contributed by atoms with van der Waals surface area (Å²) in [5.41, 5.74) is 5.45. The maximum absolute atomic E-state index is 12.8. The Labute approximate surface area is 192 Å². The third-order valence-corrected chi connectivity index (χ3v) is 6.21. The summed E-state index contributed by atoms with van der Waals surface area (Å²) < 4.78 is 5.25. The summed E-state index contributed by atoms with van der Waals surface area (Å²) in [7, 11) is 1.64. The number of nitrogens with one attached hydrogen (secondary N) is 1. The number of hydrogen-bond acceptors (Lipinski definition) is 7. The third-order valence-electron chi connectivity index (χ3n) is 6.21. The summed E-state index contributed by atoms with van der Waals surface area (Å²) in [5, 5.41) is 4.17. The molecule has 1 aliphatic carbocycles. The number of hydrogen-bond donors (Lipinski definition) is 1. The van der Waals surface area contributed by atoms with Gasteiger partial charge >= 0.3 is 0 Å². The van der Waals surface area contributed by atoms with Crippen LogP contribution in [0.3, 0.4) is 0 Å². The number of nitrogens with zero attached hydrogens (tertiary/aromatic N) is 4. The highest BCUT2D eigenvalue weighted by Gasteiger charge is 2.28. The van der Waals surface area contributed by atoms with E-state index >= 15 is 0 Å². The number of methoxy groups -OCH3 is 1. The van der Waals surface area contributed by atoms with Crippen molar-refractivity contribution in [2.24, 2.45) is 0 Å². The lowest BCUT2D eigenvalue weighted by Crippen LogP contribution is -2.21. The van der Waals surface area contributed by atoms with E-state index in [2.05, 4.69) is 44.3 Å². The van der Waals surface area contributed by atoms with Crippen LogP contribution >= 0.6 is 0 Å². The van der Waals surface area contributed by atoms with Crippen LogP contribution in [0.5, 0.6) is 5.75 Å². The standard InChI is InChI=1S/C26H25N5O2/c1-4-16-5-10-22-20(11-16)15(2)28-26(29-22)31-25-27-14-21-23(30-25)12-18(13-24(21)32)17-6-8-19(33-3)9-7-17/h5-11,14,18H,4,12-13H2,1-3H3,(H,27,28,29,30,31)/t18-/m0/s1. The zero-order valence-corrected chi connectivity index (χ0v) is 18.9. The van der Waals surface area contributed by atoms with Crippen molar-refractivity contribution < 1.29 is 9.53 Å². The number of carbonyl (C=O) groups excluding carboxylic acids is 1. The molecule has 0 bridgehead atoms. The number of fused-ring (bicyclic) bond motifs is 2. The van der Waals surface area contributed by atoms with Crippen molar-refractivity contribution in [3.05, 3.63) is 76.7 Å². The number of benzene rings is 2. The molecule has 0 spiro atoms. The third kappa shape index (κ3) is 4.14. The predicted molar refractivity (Wildman–Crippen MR) is 127 cm³/mol. The molecule has 7 nitrogen and oxygen atoms in total. The second-order valence-corrected chi connectivity index (χ2v) is 8.32. The lowest BCUT2D eigenvalue weighted by Gasteiger charge is -2.23. The van der Waals surface area contributed by atoms with E-state index in [0.717, 1.165) is 40.0 Å². The maximum Gasteiger partial charge on any atom is 0.230 e. The smallest absolute Gasteiger partial charge is 0.230 e. The van der Waals surface area contributed by atoms with Crippen LogP contribution in [-0.4, -0.2) is 32.8 Å². The zero-order chi connectivity index (χ0) is 22.9. The summed E-state index contributed by atoms with van der Waals surface area (Å²) in [6.07, 6.45) is 3.69. The van der Waals surface area contributed by atoms with Crippen molar-refractivity contribution >= 4 is 28.6 Å². The Morgan fingerprint density at radius 3 is 2.61 bits per heavy atom. The van der Waals surface area contributed by atoms with Gasteiger partial charge in [0.2, 0.25) is 11.9 Å². The van der Waals surface area contributed by atoms with Crippen molar-refractivity contribution in [3.8, 4) is 5.75 Å². The van der Waals surface area contributed by atoms with Crippen molar-refractivity contribution in [1.29, 1.82) is 0 Å². The van der Waals surface area contributed by atoms with E-state index in [-0.39, 0.29) is 11.7 Å². The molecule has 166 valence electrons. The fourth-order valence-corrected chi connectivity index (χ4v) is 4.32. The van der Waals surface area contributed by atoms with E-state index in [4.69, 9.17) is 4.74 Å². The van der Waals surface area contributed by atoms with Gasteiger partial charge in [-0.05, 0) is 61.1 Å². The Balaban J connectivity index is 1.42. The number of aromatic nitrogens is 4. The van der Waals surface area contributed by atoms with Gasteiger partial charge in [0.1, 0.15) is 5.75 Å². The van der Waals surface area contributed by atoms with Gasteiger partial charge < -0.3 is 4.74 Å². The highest BCUT2D eigenvalue weighted by molar-refractivity contribution is 5.98. The van der Waals surface area contributed by atoms with Crippen molar-refractivity contribution in [2.45, 2.75) is 39.0 Å². The second kappa shape index (κ2) is 8.58. The molecule has 0 radical (unpaired) electrons. The number of ether oxygens (including phenoxy) is 1. The predicted octanol–water partition coefficient (Wildman–Crippen LogP) is 4.96. The largest absolute Gasteiger partial charge is 0.497 e. The molecule has 33 heavy (non-hydrogen) atoms. The van der Waals surface area contributed by atoms with Gasteiger partial charge in [-0.1, -0.05) is 25.1 Å². The average Bonchev–Trinajstić information content (AvgIpc) is 2.83. The molecule has 0 saturated heterocycles. The Kier molecular flexibility index (Phi) is 5.46. The Morgan fingerprint density at radius 2 is 1.85 bits per heavy atom. The molecule has 5 rings (SSSR count). The molecule has 0 amide bonds. The van der Waals surface area contributed by atoms with Gasteiger partial charge in [0.25, 0.3) is 0 Å². The van der Waals surface area contributed by atoms with E-state index in [9.17, 15) is 4.79 Å². The van der Waals surface area contributed by atoms with Crippen LogP contribution in [0.1, 0.15) is 52.1 Å². The summed E-state index contributed by atoms with van der Waals surface area (Å²) in [6.45, 7) is 4.10. The number of ketones is 1. The van der Waals surface area contributed by atoms with Crippen LogP contribution < -0.4 is 10.1 Å². The number of aryl methyl sites for hydroxylation is 2. The molecule has 1 aliphatic rings. The lowest BCUT2D eigenvalue weighted by atomic mass is 9.82. The van der Waals surface area contributed by atoms with E-state index in [1.54, 1.807) is 13.3 Å².